The molecule has 0 amide bonds. The number of ether oxygens (including phenoxy) is 2. The van der Waals surface area contributed by atoms with E-state index >= 15 is 0 Å². The number of rotatable bonds is 5. The van der Waals surface area contributed by atoms with Gasteiger partial charge < -0.3 is 14.8 Å². The van der Waals surface area contributed by atoms with Crippen molar-refractivity contribution in [2.75, 3.05) is 19.5 Å². The molecule has 0 atom stereocenters. The van der Waals surface area contributed by atoms with E-state index in [1.54, 1.807) is 26.6 Å². The van der Waals surface area contributed by atoms with Gasteiger partial charge >= 0.3 is 0 Å². The molecule has 3 aromatic rings. The molecule has 2 aromatic heterocycles. The Kier molecular flexibility index (Phi) is 4.65. The fourth-order valence-corrected chi connectivity index (χ4v) is 3.67. The van der Waals surface area contributed by atoms with Crippen LogP contribution in [-0.2, 0) is 0 Å². The van der Waals surface area contributed by atoms with Crippen molar-refractivity contribution in [3.63, 3.8) is 0 Å². The summed E-state index contributed by atoms with van der Waals surface area (Å²) in [4.78, 5) is 9.05. The number of methoxy groups -OCH3 is 2. The lowest BCUT2D eigenvalue weighted by Crippen LogP contribution is -2.23. The van der Waals surface area contributed by atoms with Crippen molar-refractivity contribution >= 4 is 11.5 Å². The van der Waals surface area contributed by atoms with Gasteiger partial charge in [0.15, 0.2) is 5.65 Å². The van der Waals surface area contributed by atoms with E-state index < -0.39 is 0 Å². The van der Waals surface area contributed by atoms with Crippen molar-refractivity contribution in [1.82, 2.24) is 14.4 Å². The lowest BCUT2D eigenvalue weighted by Gasteiger charge is -2.24. The first-order chi connectivity index (χ1) is 12.8. The second kappa shape index (κ2) is 7.23. The van der Waals surface area contributed by atoms with Gasteiger partial charge in [-0.1, -0.05) is 19.3 Å². The maximum Gasteiger partial charge on any atom is 0.157 e. The molecule has 0 aliphatic heterocycles. The van der Waals surface area contributed by atoms with E-state index in [0.717, 1.165) is 34.2 Å². The highest BCUT2D eigenvalue weighted by Crippen LogP contribution is 2.38. The first-order valence-corrected chi connectivity index (χ1v) is 9.11. The lowest BCUT2D eigenvalue weighted by atomic mass is 9.95. The van der Waals surface area contributed by atoms with Crippen LogP contribution >= 0.6 is 0 Å². The van der Waals surface area contributed by atoms with E-state index in [2.05, 4.69) is 14.7 Å². The van der Waals surface area contributed by atoms with Crippen LogP contribution < -0.4 is 14.8 Å². The van der Waals surface area contributed by atoms with Crippen molar-refractivity contribution in [2.24, 2.45) is 0 Å². The van der Waals surface area contributed by atoms with Gasteiger partial charge in [-0.2, -0.15) is 0 Å². The fourth-order valence-electron chi connectivity index (χ4n) is 3.67. The number of aromatic nitrogens is 3. The van der Waals surface area contributed by atoms with Crippen LogP contribution in [0, 0.1) is 0 Å². The molecule has 1 N–H and O–H groups in total. The highest BCUT2D eigenvalue weighted by atomic mass is 16.5. The molecule has 136 valence electrons. The van der Waals surface area contributed by atoms with Gasteiger partial charge in [0.1, 0.15) is 23.0 Å². The predicted octanol–water partition coefficient (Wildman–Crippen LogP) is 4.16. The van der Waals surface area contributed by atoms with E-state index in [1.807, 2.05) is 24.4 Å². The third-order valence-electron chi connectivity index (χ3n) is 5.04. The Morgan fingerprint density at radius 3 is 2.73 bits per heavy atom. The zero-order valence-electron chi connectivity index (χ0n) is 15.2. The van der Waals surface area contributed by atoms with Crippen molar-refractivity contribution in [3.05, 3.63) is 36.8 Å². The van der Waals surface area contributed by atoms with Gasteiger partial charge in [0.25, 0.3) is 0 Å². The summed E-state index contributed by atoms with van der Waals surface area (Å²) in [5, 5.41) is 3.74. The molecule has 4 rings (SSSR count). The van der Waals surface area contributed by atoms with Gasteiger partial charge in [0.2, 0.25) is 0 Å². The molecule has 0 radical (unpaired) electrons. The summed E-state index contributed by atoms with van der Waals surface area (Å²) >= 11 is 0. The number of benzene rings is 1. The molecule has 1 aliphatic carbocycles. The fraction of sp³-hybridized carbons (Fsp3) is 0.400. The standard InChI is InChI=1S/C20H24N4O2/c1-25-15-8-9-16(17(12-15)26-2)19-20(22-14-6-4-3-5-7-14)24-11-10-21-13-18(24)23-19/h8-14,22H,3-7H2,1-2H3. The highest BCUT2D eigenvalue weighted by molar-refractivity contribution is 5.80. The molecular weight excluding hydrogens is 328 g/mol. The summed E-state index contributed by atoms with van der Waals surface area (Å²) in [6, 6.07) is 6.30. The molecule has 0 spiro atoms. The molecule has 2 heterocycles. The zero-order valence-corrected chi connectivity index (χ0v) is 15.2. The van der Waals surface area contributed by atoms with Crippen LogP contribution in [0.4, 0.5) is 5.82 Å². The largest absolute Gasteiger partial charge is 0.497 e. The molecule has 0 saturated heterocycles. The molecule has 6 nitrogen and oxygen atoms in total. The Hall–Kier alpha value is -2.76. The molecular formula is C20H24N4O2. The number of hydrogen-bond acceptors (Lipinski definition) is 5. The van der Waals surface area contributed by atoms with Gasteiger partial charge in [-0.3, -0.25) is 9.38 Å². The second-order valence-electron chi connectivity index (χ2n) is 6.66. The molecule has 1 aromatic carbocycles. The monoisotopic (exact) mass is 352 g/mol. The summed E-state index contributed by atoms with van der Waals surface area (Å²) in [5.74, 6) is 2.50. The zero-order chi connectivity index (χ0) is 17.9. The number of hydrogen-bond donors (Lipinski definition) is 1. The Labute approximate surface area is 153 Å². The van der Waals surface area contributed by atoms with Crippen molar-refractivity contribution in [2.45, 2.75) is 38.1 Å². The van der Waals surface area contributed by atoms with Crippen LogP contribution in [-0.4, -0.2) is 34.6 Å². The number of fused-ring (bicyclic) bond motifs is 1. The Morgan fingerprint density at radius 2 is 1.96 bits per heavy atom. The molecule has 0 bridgehead atoms. The van der Waals surface area contributed by atoms with E-state index in [4.69, 9.17) is 14.5 Å². The topological polar surface area (TPSA) is 60.7 Å². The van der Waals surface area contributed by atoms with Gasteiger partial charge in [-0.05, 0) is 25.0 Å². The number of nitrogens with zero attached hydrogens (tertiary/aromatic N) is 3. The average Bonchev–Trinajstić information content (AvgIpc) is 3.06. The van der Waals surface area contributed by atoms with Gasteiger partial charge in [-0.15, -0.1) is 0 Å². The van der Waals surface area contributed by atoms with Crippen molar-refractivity contribution in [3.8, 4) is 22.8 Å². The Balaban J connectivity index is 1.82. The normalized spacial score (nSPS) is 15.2. The number of imidazole rings is 1. The molecule has 26 heavy (non-hydrogen) atoms. The first-order valence-electron chi connectivity index (χ1n) is 9.11. The van der Waals surface area contributed by atoms with Crippen LogP contribution in [0.3, 0.4) is 0 Å². The summed E-state index contributed by atoms with van der Waals surface area (Å²) in [7, 11) is 3.32. The molecule has 1 aliphatic rings. The summed E-state index contributed by atoms with van der Waals surface area (Å²) < 4.78 is 13.0. The SMILES string of the molecule is COc1ccc(-c2nc3cnccn3c2NC2CCCCC2)c(OC)c1. The minimum Gasteiger partial charge on any atom is -0.497 e. The minimum atomic E-state index is 0.472. The van der Waals surface area contributed by atoms with Crippen LogP contribution in [0.15, 0.2) is 36.8 Å². The van der Waals surface area contributed by atoms with Crippen LogP contribution in [0.5, 0.6) is 11.5 Å². The summed E-state index contributed by atoms with van der Waals surface area (Å²) in [6.45, 7) is 0. The Morgan fingerprint density at radius 1 is 1.12 bits per heavy atom. The van der Waals surface area contributed by atoms with E-state index in [1.165, 1.54) is 32.1 Å². The summed E-state index contributed by atoms with van der Waals surface area (Å²) in [6.07, 6.45) is 11.8. The average molecular weight is 352 g/mol. The lowest BCUT2D eigenvalue weighted by molar-refractivity contribution is 0.395. The first kappa shape index (κ1) is 16.7. The second-order valence-corrected chi connectivity index (χ2v) is 6.66. The molecule has 1 saturated carbocycles. The summed E-state index contributed by atoms with van der Waals surface area (Å²) in [5.41, 5.74) is 2.64. The smallest absolute Gasteiger partial charge is 0.157 e. The Bertz CT molecular complexity index is 900. The third kappa shape index (κ3) is 3.07. The van der Waals surface area contributed by atoms with Gasteiger partial charge in [0.05, 0.1) is 20.4 Å². The van der Waals surface area contributed by atoms with Crippen LogP contribution in [0.1, 0.15) is 32.1 Å². The quantitative estimate of drug-likeness (QED) is 0.747. The van der Waals surface area contributed by atoms with Crippen LogP contribution in [0.25, 0.3) is 16.9 Å². The van der Waals surface area contributed by atoms with E-state index in [-0.39, 0.29) is 0 Å². The maximum absolute atomic E-state index is 5.61. The van der Waals surface area contributed by atoms with E-state index in [9.17, 15) is 0 Å². The number of nitrogens with one attached hydrogen (secondary N) is 1. The molecule has 1 fully saturated rings. The van der Waals surface area contributed by atoms with Crippen LogP contribution in [0.2, 0.25) is 0 Å². The molecule has 0 unspecified atom stereocenters. The molecule has 6 heteroatoms. The van der Waals surface area contributed by atoms with Crippen molar-refractivity contribution in [1.29, 1.82) is 0 Å². The third-order valence-corrected chi connectivity index (χ3v) is 5.04. The van der Waals surface area contributed by atoms with E-state index in [0.29, 0.717) is 6.04 Å². The minimum absolute atomic E-state index is 0.472. The van der Waals surface area contributed by atoms with Gasteiger partial charge in [0, 0.05) is 30.1 Å². The highest BCUT2D eigenvalue weighted by Gasteiger charge is 2.21. The van der Waals surface area contributed by atoms with Crippen molar-refractivity contribution < 1.29 is 9.47 Å². The van der Waals surface area contributed by atoms with Gasteiger partial charge in [-0.25, -0.2) is 4.98 Å². The maximum atomic E-state index is 5.61. The predicted molar refractivity (Wildman–Crippen MR) is 102 cm³/mol. The number of anilines is 1.